The third kappa shape index (κ3) is 2.17. The molecular formula is C8H6F2INO2. The van der Waals surface area contributed by atoms with Gasteiger partial charge in [0.15, 0.2) is 6.29 Å². The van der Waals surface area contributed by atoms with Crippen LogP contribution in [0.3, 0.4) is 0 Å². The fourth-order valence-electron chi connectivity index (χ4n) is 0.883. The highest BCUT2D eigenvalue weighted by Crippen LogP contribution is 2.27. The van der Waals surface area contributed by atoms with Gasteiger partial charge in [0.1, 0.15) is 17.1 Å². The predicted octanol–water partition coefficient (Wildman–Crippen LogP) is 2.44. The van der Waals surface area contributed by atoms with E-state index in [1.807, 2.05) is 22.6 Å². The van der Waals surface area contributed by atoms with Gasteiger partial charge in [0, 0.05) is 6.07 Å². The van der Waals surface area contributed by atoms with Crippen LogP contribution in [0.1, 0.15) is 22.6 Å². The summed E-state index contributed by atoms with van der Waals surface area (Å²) in [6.45, 7) is 0. The van der Waals surface area contributed by atoms with Gasteiger partial charge in [-0.15, -0.1) is 0 Å². The smallest absolute Gasteiger partial charge is 0.280 e. The van der Waals surface area contributed by atoms with Crippen molar-refractivity contribution in [2.75, 3.05) is 7.11 Å². The van der Waals surface area contributed by atoms with Crippen LogP contribution in [0.25, 0.3) is 0 Å². The van der Waals surface area contributed by atoms with Crippen LogP contribution in [-0.2, 0) is 0 Å². The summed E-state index contributed by atoms with van der Waals surface area (Å²) < 4.78 is 29.9. The van der Waals surface area contributed by atoms with E-state index >= 15 is 0 Å². The lowest BCUT2D eigenvalue weighted by molar-refractivity contribution is 0.111. The van der Waals surface area contributed by atoms with Crippen LogP contribution < -0.4 is 4.74 Å². The standard InChI is InChI=1S/C8H6F2INO2/c1-14-6-2-4(8(9)10)12-5(3-13)7(6)11/h2-3,8H,1H3. The van der Waals surface area contributed by atoms with Crippen LogP contribution in [0.5, 0.6) is 5.75 Å². The van der Waals surface area contributed by atoms with Crippen molar-refractivity contribution in [3.8, 4) is 5.75 Å². The number of methoxy groups -OCH3 is 1. The average Bonchev–Trinajstić information content (AvgIpc) is 2.17. The van der Waals surface area contributed by atoms with E-state index in [0.717, 1.165) is 6.07 Å². The molecule has 0 amide bonds. The second kappa shape index (κ2) is 4.63. The van der Waals surface area contributed by atoms with Gasteiger partial charge in [0.25, 0.3) is 6.43 Å². The molecule has 0 fully saturated rings. The van der Waals surface area contributed by atoms with Crippen molar-refractivity contribution in [1.29, 1.82) is 0 Å². The molecule has 1 aromatic rings. The second-order valence-electron chi connectivity index (χ2n) is 2.37. The molecule has 0 unspecified atom stereocenters. The second-order valence-corrected chi connectivity index (χ2v) is 3.45. The lowest BCUT2D eigenvalue weighted by Gasteiger charge is -2.07. The first-order valence-corrected chi connectivity index (χ1v) is 4.65. The highest BCUT2D eigenvalue weighted by molar-refractivity contribution is 14.1. The molecule has 0 saturated carbocycles. The third-order valence-corrected chi connectivity index (χ3v) is 2.61. The van der Waals surface area contributed by atoms with Gasteiger partial charge in [0.05, 0.1) is 10.7 Å². The Morgan fingerprint density at radius 2 is 2.29 bits per heavy atom. The summed E-state index contributed by atoms with van der Waals surface area (Å²) in [5.74, 6) is 0.234. The Morgan fingerprint density at radius 3 is 2.71 bits per heavy atom. The van der Waals surface area contributed by atoms with E-state index in [9.17, 15) is 13.6 Å². The number of aromatic nitrogens is 1. The Kier molecular flexibility index (Phi) is 3.73. The number of alkyl halides is 2. The summed E-state index contributed by atoms with van der Waals surface area (Å²) in [5, 5.41) is 0. The minimum Gasteiger partial charge on any atom is -0.495 e. The maximum Gasteiger partial charge on any atom is 0.280 e. The van der Waals surface area contributed by atoms with Gasteiger partial charge < -0.3 is 4.74 Å². The number of aldehydes is 1. The topological polar surface area (TPSA) is 39.2 Å². The van der Waals surface area contributed by atoms with E-state index in [-0.39, 0.29) is 11.4 Å². The Balaban J connectivity index is 3.31. The SMILES string of the molecule is COc1cc(C(F)F)nc(C=O)c1I. The first-order chi connectivity index (χ1) is 6.60. The summed E-state index contributed by atoms with van der Waals surface area (Å²) in [4.78, 5) is 14.0. The molecule has 1 heterocycles. The molecule has 0 aliphatic rings. The molecule has 0 aliphatic carbocycles. The van der Waals surface area contributed by atoms with Crippen LogP contribution in [0, 0.1) is 3.57 Å². The summed E-state index contributed by atoms with van der Waals surface area (Å²) in [7, 11) is 1.35. The quantitative estimate of drug-likeness (QED) is 0.635. The Morgan fingerprint density at radius 1 is 1.64 bits per heavy atom. The molecule has 0 radical (unpaired) electrons. The summed E-state index contributed by atoms with van der Waals surface area (Å²) in [5.41, 5.74) is -0.482. The van der Waals surface area contributed by atoms with Gasteiger partial charge in [0.2, 0.25) is 0 Å². The van der Waals surface area contributed by atoms with E-state index in [1.54, 1.807) is 0 Å². The third-order valence-electron chi connectivity index (χ3n) is 1.52. The maximum atomic E-state index is 12.3. The fourth-order valence-corrected chi connectivity index (χ4v) is 1.51. The number of nitrogens with zero attached hydrogens (tertiary/aromatic N) is 1. The van der Waals surface area contributed by atoms with Crippen molar-refractivity contribution in [3.05, 3.63) is 21.0 Å². The van der Waals surface area contributed by atoms with Gasteiger partial charge in [-0.2, -0.15) is 0 Å². The van der Waals surface area contributed by atoms with Crippen LogP contribution >= 0.6 is 22.6 Å². The number of ether oxygens (including phenoxy) is 1. The Labute approximate surface area is 92.6 Å². The molecule has 1 aromatic heterocycles. The molecule has 1 rings (SSSR count). The molecule has 3 nitrogen and oxygen atoms in total. The maximum absolute atomic E-state index is 12.3. The van der Waals surface area contributed by atoms with Gasteiger partial charge in [-0.25, -0.2) is 13.8 Å². The van der Waals surface area contributed by atoms with Crippen molar-refractivity contribution >= 4 is 28.9 Å². The number of pyridine rings is 1. The van der Waals surface area contributed by atoms with Gasteiger partial charge in [-0.05, 0) is 22.6 Å². The highest BCUT2D eigenvalue weighted by atomic mass is 127. The molecule has 0 spiro atoms. The first kappa shape index (κ1) is 11.3. The van der Waals surface area contributed by atoms with Gasteiger partial charge >= 0.3 is 0 Å². The van der Waals surface area contributed by atoms with Crippen LogP contribution in [0.4, 0.5) is 8.78 Å². The number of rotatable bonds is 3. The lowest BCUT2D eigenvalue weighted by Crippen LogP contribution is -2.01. The number of carbonyl (C=O) groups excluding carboxylic acids is 1. The zero-order chi connectivity index (χ0) is 10.7. The highest BCUT2D eigenvalue weighted by Gasteiger charge is 2.15. The fraction of sp³-hybridized carbons (Fsp3) is 0.250. The minimum atomic E-state index is -2.71. The van der Waals surface area contributed by atoms with Crippen molar-refractivity contribution in [2.24, 2.45) is 0 Å². The number of hydrogen-bond acceptors (Lipinski definition) is 3. The summed E-state index contributed by atoms with van der Waals surface area (Å²) >= 11 is 1.82. The largest absolute Gasteiger partial charge is 0.495 e. The van der Waals surface area contributed by atoms with E-state index in [0.29, 0.717) is 9.86 Å². The zero-order valence-electron chi connectivity index (χ0n) is 7.13. The van der Waals surface area contributed by atoms with Crippen LogP contribution in [0.2, 0.25) is 0 Å². The van der Waals surface area contributed by atoms with Crippen molar-refractivity contribution < 1.29 is 18.3 Å². The Bertz CT molecular complexity index is 357. The molecule has 0 bridgehead atoms. The molecule has 0 atom stereocenters. The molecule has 0 saturated heterocycles. The van der Waals surface area contributed by atoms with Crippen molar-refractivity contribution in [1.82, 2.24) is 4.98 Å². The lowest BCUT2D eigenvalue weighted by atomic mass is 10.3. The van der Waals surface area contributed by atoms with Crippen molar-refractivity contribution in [3.63, 3.8) is 0 Å². The molecule has 6 heteroatoms. The molecule has 0 aliphatic heterocycles. The first-order valence-electron chi connectivity index (χ1n) is 3.58. The predicted molar refractivity (Wildman–Crippen MR) is 53.9 cm³/mol. The summed E-state index contributed by atoms with van der Waals surface area (Å²) in [6.07, 6.45) is -2.28. The van der Waals surface area contributed by atoms with E-state index in [2.05, 4.69) is 4.98 Å². The zero-order valence-corrected chi connectivity index (χ0v) is 9.29. The average molecular weight is 313 g/mol. The van der Waals surface area contributed by atoms with Crippen LogP contribution in [-0.4, -0.2) is 18.4 Å². The Hall–Kier alpha value is -0.790. The molecule has 0 N–H and O–H groups in total. The van der Waals surface area contributed by atoms with Crippen LogP contribution in [0.15, 0.2) is 6.07 Å². The molecule has 0 aromatic carbocycles. The van der Waals surface area contributed by atoms with E-state index in [1.165, 1.54) is 7.11 Å². The van der Waals surface area contributed by atoms with E-state index in [4.69, 9.17) is 4.74 Å². The monoisotopic (exact) mass is 313 g/mol. The van der Waals surface area contributed by atoms with Gasteiger partial charge in [-0.1, -0.05) is 0 Å². The van der Waals surface area contributed by atoms with Crippen molar-refractivity contribution in [2.45, 2.75) is 6.43 Å². The molecule has 76 valence electrons. The van der Waals surface area contributed by atoms with Gasteiger partial charge in [-0.3, -0.25) is 4.79 Å². The number of halogens is 3. The van der Waals surface area contributed by atoms with E-state index < -0.39 is 12.1 Å². The summed E-state index contributed by atoms with van der Waals surface area (Å²) in [6, 6.07) is 1.12. The normalized spacial score (nSPS) is 10.4. The molecular weight excluding hydrogens is 307 g/mol. The molecule has 14 heavy (non-hydrogen) atoms. The minimum absolute atomic E-state index is 0.0275. The number of carbonyl (C=O) groups is 1. The number of hydrogen-bond donors (Lipinski definition) is 0.